The lowest BCUT2D eigenvalue weighted by atomic mass is 9.70. The molecule has 32 heteroatoms. The van der Waals surface area contributed by atoms with Crippen LogP contribution in [0.25, 0.3) is 0 Å². The molecule has 3 aliphatic carbocycles. The minimum atomic E-state index is -2.12. The summed E-state index contributed by atoms with van der Waals surface area (Å²) < 4.78 is 44.0. The molecular formula is C106H103Br3N12O17. The van der Waals surface area contributed by atoms with E-state index in [0.29, 0.717) is 33.8 Å². The molecule has 6 aromatic carbocycles. The second kappa shape index (κ2) is 43.1. The van der Waals surface area contributed by atoms with Crippen LogP contribution in [0.5, 0.6) is 40.2 Å². The molecule has 11 heterocycles. The number of aliphatic hydroxyl groups is 6. The van der Waals surface area contributed by atoms with E-state index in [1.807, 2.05) is 202 Å². The SMILES string of the molecule is CNCc1cccnc1.CNCc1cccnc1.COc1cccnc1.COc1cncc2c1[C@]1(O)[C@H](O)[C@H](C(=O)N(C)Cc3cccnc3)[C@@H](c3ccccc3)[C@]1(c1ccc(Br)cc1)O2.COc1cncc2c1[C@]1(O)[C@H](O)[C@H](C(=O)N(C)Cc3cccnc3)[C@@H](c3ccccc3)[C@]1(c1ccc(Br)cc1)O2.COc1cncc2c1[C@]1(O)[C@H](O)[C@H](C(=O)O)[C@@H](c3ccccc3)[C@]1(c1ccc(Br)cc1)O2. The highest BCUT2D eigenvalue weighted by Crippen LogP contribution is 2.73. The maximum Gasteiger partial charge on any atom is 0.310 e. The van der Waals surface area contributed by atoms with Crippen molar-refractivity contribution in [3.8, 4) is 40.2 Å². The lowest BCUT2D eigenvalue weighted by Crippen LogP contribution is -2.52. The summed E-state index contributed by atoms with van der Waals surface area (Å²) in [6, 6.07) is 68.7. The molecule has 2 amide bonds. The van der Waals surface area contributed by atoms with Crippen LogP contribution in [0, 0.1) is 17.8 Å². The number of carbonyl (C=O) groups excluding carboxylic acids is 2. The molecule has 15 atom stereocenters. The summed E-state index contributed by atoms with van der Waals surface area (Å²) in [6.45, 7) is 2.36. The van der Waals surface area contributed by atoms with Gasteiger partial charge in [-0.25, -0.2) is 0 Å². The zero-order valence-electron chi connectivity index (χ0n) is 76.4. The number of hydrogen-bond acceptors (Lipinski definition) is 26. The number of nitrogens with zero attached hydrogens (tertiary/aromatic N) is 10. The molecule has 8 aromatic heterocycles. The Hall–Kier alpha value is -13.4. The van der Waals surface area contributed by atoms with E-state index in [2.05, 4.69) is 98.3 Å². The third-order valence-corrected chi connectivity index (χ3v) is 27.5. The number of halogens is 3. The number of aliphatic carboxylic acids is 1. The van der Waals surface area contributed by atoms with Crippen molar-refractivity contribution in [2.45, 2.75) is 95.9 Å². The molecule has 0 spiro atoms. The second-order valence-electron chi connectivity index (χ2n) is 33.7. The number of pyridine rings is 8. The predicted molar refractivity (Wildman–Crippen MR) is 523 cm³/mol. The third kappa shape index (κ3) is 18.3. The van der Waals surface area contributed by atoms with Crippen LogP contribution in [0.3, 0.4) is 0 Å². The van der Waals surface area contributed by atoms with Crippen LogP contribution in [0.15, 0.2) is 337 Å². The topological polar surface area (TPSA) is 391 Å². The molecular weight excluding hydrogens is 1950 g/mol. The lowest BCUT2D eigenvalue weighted by molar-refractivity contribution is -0.159. The monoisotopic (exact) mass is 2050 g/mol. The number of fused-ring (bicyclic) bond motifs is 9. The van der Waals surface area contributed by atoms with Gasteiger partial charge in [-0.15, -0.1) is 0 Å². The number of methoxy groups -OCH3 is 4. The fourth-order valence-electron chi connectivity index (χ4n) is 20.2. The number of benzene rings is 6. The van der Waals surface area contributed by atoms with Gasteiger partial charge >= 0.3 is 5.97 Å². The number of carboxylic acid groups (broad SMARTS) is 1. The lowest BCUT2D eigenvalue weighted by Gasteiger charge is -2.41. The molecule has 29 nitrogen and oxygen atoms in total. The summed E-state index contributed by atoms with van der Waals surface area (Å²) in [4.78, 5) is 77.0. The molecule has 3 aliphatic heterocycles. The average Bonchev–Trinajstić information content (AvgIpc) is 1.50. The van der Waals surface area contributed by atoms with Crippen molar-refractivity contribution in [2.75, 3.05) is 56.6 Å². The van der Waals surface area contributed by atoms with Crippen LogP contribution in [0.2, 0.25) is 0 Å². The summed E-state index contributed by atoms with van der Waals surface area (Å²) in [5.41, 5.74) is -2.32. The highest BCUT2D eigenvalue weighted by Gasteiger charge is 2.81. The van der Waals surface area contributed by atoms with Crippen LogP contribution >= 0.6 is 47.8 Å². The Labute approximate surface area is 823 Å². The summed E-state index contributed by atoms with van der Waals surface area (Å²) in [5.74, 6) is -5.50. The predicted octanol–water partition coefficient (Wildman–Crippen LogP) is 14.2. The quantitative estimate of drug-likeness (QED) is 0.0323. The van der Waals surface area contributed by atoms with Crippen LogP contribution < -0.4 is 43.8 Å². The Balaban J connectivity index is 0.000000139. The number of aliphatic hydroxyl groups excluding tert-OH is 3. The molecule has 3 fully saturated rings. The van der Waals surface area contributed by atoms with Gasteiger partial charge in [-0.3, -0.25) is 54.3 Å². The fraction of sp³-hybridized carbons (Fsp3) is 0.255. The van der Waals surface area contributed by atoms with Gasteiger partial charge in [-0.05, 0) is 143 Å². The van der Waals surface area contributed by atoms with E-state index in [-0.39, 0.29) is 64.6 Å². The van der Waals surface area contributed by atoms with Gasteiger partial charge in [0.15, 0.2) is 33.6 Å². The molecule has 3 saturated carbocycles. The van der Waals surface area contributed by atoms with E-state index in [9.17, 15) is 50.1 Å². The number of hydrogen-bond donors (Lipinski definition) is 9. The zero-order chi connectivity index (χ0) is 97.7. The molecule has 9 N–H and O–H groups in total. The molecule has 0 unspecified atom stereocenters. The Morgan fingerprint density at radius 1 is 0.355 bits per heavy atom. The number of ether oxygens (including phenoxy) is 7. The standard InChI is InChI=1S/2C31H28BrN3O5.C24H20BrNO6.2C7H10N2.C6H7NO/c2*1-35(18-19-7-6-14-33-15-19)29(37)25-26(20-8-4-3-5-9-20)31(21-10-12-22(32)13-11-21)30(38,28(25)36)27-23(39-2)16-34-17-24(27)40-31;1-31-16-11-26-12-17-20(16)23(30)21(27)18(22(28)29)19(13-5-3-2-4-6-13)24(23,32-17)14-7-9-15(25)10-8-14;2*1-8-5-7-3-2-4-9-6-7;1-8-6-3-2-4-7-5-6/h2*3-17,25-26,28,36,38H,18H2,1-2H3;2-12,18-19,21,27,30H,1H3,(H,28,29);2*2-4,6,8H,5H2,1H3;2-5H,1H3/t2*25-,26-,28-,30+,31+;18-,19-,21-,23+,24+;;;/m111.../s1. The van der Waals surface area contributed by atoms with Crippen molar-refractivity contribution in [1.82, 2.24) is 60.3 Å². The minimum absolute atomic E-state index is 0.190. The van der Waals surface area contributed by atoms with Crippen LogP contribution in [-0.4, -0.2) is 178 Å². The number of carboxylic acids is 1. The smallest absolute Gasteiger partial charge is 0.310 e. The van der Waals surface area contributed by atoms with Crippen LogP contribution in [0.4, 0.5) is 0 Å². The molecule has 14 aromatic rings. The van der Waals surface area contributed by atoms with Crippen LogP contribution in [0.1, 0.15) is 90.1 Å². The second-order valence-corrected chi connectivity index (χ2v) is 36.4. The Morgan fingerprint density at radius 2 is 0.638 bits per heavy atom. The van der Waals surface area contributed by atoms with Gasteiger partial charge in [0.2, 0.25) is 11.8 Å². The number of carbonyl (C=O) groups is 3. The minimum Gasteiger partial charge on any atom is -0.495 e. The van der Waals surface area contributed by atoms with Gasteiger partial charge in [0.1, 0.15) is 58.6 Å². The van der Waals surface area contributed by atoms with Gasteiger partial charge in [-0.2, -0.15) is 0 Å². The number of nitrogens with one attached hydrogen (secondary N) is 2. The Morgan fingerprint density at radius 3 is 0.891 bits per heavy atom. The van der Waals surface area contributed by atoms with E-state index in [4.69, 9.17) is 33.2 Å². The third-order valence-electron chi connectivity index (χ3n) is 25.9. The van der Waals surface area contributed by atoms with Crippen molar-refractivity contribution < 1.29 is 83.3 Å². The molecule has 0 radical (unpaired) electrons. The zero-order valence-corrected chi connectivity index (χ0v) is 81.2. The van der Waals surface area contributed by atoms with E-state index in [1.54, 1.807) is 129 Å². The van der Waals surface area contributed by atoms with Crippen LogP contribution in [-0.2, 0) is 74.2 Å². The molecule has 0 saturated heterocycles. The van der Waals surface area contributed by atoms with Gasteiger partial charge in [-0.1, -0.05) is 199 Å². The highest BCUT2D eigenvalue weighted by atomic mass is 79.9. The van der Waals surface area contributed by atoms with Crippen molar-refractivity contribution in [3.05, 3.63) is 409 Å². The Bertz CT molecular complexity index is 6180. The van der Waals surface area contributed by atoms with E-state index >= 15 is 0 Å². The van der Waals surface area contributed by atoms with Gasteiger partial charge in [0, 0.05) is 127 Å². The summed E-state index contributed by atoms with van der Waals surface area (Å²) in [6.07, 6.45) is 21.4. The first-order valence-corrected chi connectivity index (χ1v) is 46.5. The maximum absolute atomic E-state index is 14.3. The normalized spacial score (nSPS) is 24.1. The molecule has 710 valence electrons. The first-order valence-electron chi connectivity index (χ1n) is 44.1. The van der Waals surface area contributed by atoms with Gasteiger partial charge in [0.25, 0.3) is 0 Å². The molecule has 138 heavy (non-hydrogen) atoms. The summed E-state index contributed by atoms with van der Waals surface area (Å²) >= 11 is 10.4. The molecule has 20 rings (SSSR count). The fourth-order valence-corrected chi connectivity index (χ4v) is 21.0. The Kier molecular flexibility index (Phi) is 31.0. The maximum atomic E-state index is 14.3. The summed E-state index contributed by atoms with van der Waals surface area (Å²) in [7, 11) is 13.2. The van der Waals surface area contributed by atoms with Crippen molar-refractivity contribution in [2.24, 2.45) is 17.8 Å². The van der Waals surface area contributed by atoms with E-state index < -0.39 is 93.4 Å². The average molecular weight is 2060 g/mol. The van der Waals surface area contributed by atoms with E-state index in [0.717, 1.165) is 54.5 Å². The van der Waals surface area contributed by atoms with E-state index in [1.165, 1.54) is 69.6 Å². The first kappa shape index (κ1) is 99.1. The highest BCUT2D eigenvalue weighted by molar-refractivity contribution is 9.11. The largest absolute Gasteiger partial charge is 0.495 e. The number of aromatic nitrogens is 8. The number of amides is 2. The van der Waals surface area contributed by atoms with Gasteiger partial charge < -0.3 is 89.3 Å². The molecule has 0 bridgehead atoms. The van der Waals surface area contributed by atoms with Crippen molar-refractivity contribution >= 4 is 65.6 Å². The molecule has 6 aliphatic rings. The van der Waals surface area contributed by atoms with Crippen molar-refractivity contribution in [1.29, 1.82) is 0 Å². The first-order chi connectivity index (χ1) is 66.8. The summed E-state index contributed by atoms with van der Waals surface area (Å²) in [5, 5.41) is 90.3. The number of rotatable bonds is 21. The van der Waals surface area contributed by atoms with Crippen molar-refractivity contribution in [3.63, 3.8) is 0 Å². The van der Waals surface area contributed by atoms with Gasteiger partial charge in [0.05, 0.1) is 106 Å².